The fraction of sp³-hybridized carbons (Fsp3) is 0.294. The fourth-order valence-corrected chi connectivity index (χ4v) is 2.09. The van der Waals surface area contributed by atoms with Gasteiger partial charge in [0.2, 0.25) is 0 Å². The van der Waals surface area contributed by atoms with Crippen molar-refractivity contribution in [3.8, 4) is 0 Å². The van der Waals surface area contributed by atoms with Crippen molar-refractivity contribution in [1.29, 1.82) is 0 Å². The number of hydrogen-bond donors (Lipinski definition) is 1. The van der Waals surface area contributed by atoms with E-state index < -0.39 is 0 Å². The second-order valence-corrected chi connectivity index (χ2v) is 5.39. The normalized spacial score (nSPS) is 10.3. The molecule has 120 valence electrons. The number of carbonyl (C=O) groups excluding carboxylic acids is 1. The van der Waals surface area contributed by atoms with Crippen LogP contribution in [-0.2, 0) is 4.79 Å². The van der Waals surface area contributed by atoms with E-state index in [1.54, 1.807) is 10.7 Å². The van der Waals surface area contributed by atoms with Crippen LogP contribution in [0.15, 0.2) is 36.8 Å². The second-order valence-electron chi connectivity index (χ2n) is 5.39. The molecule has 0 radical (unpaired) electrons. The van der Waals surface area contributed by atoms with Crippen LogP contribution in [0.5, 0.6) is 0 Å². The Morgan fingerprint density at radius 3 is 2.61 bits per heavy atom. The summed E-state index contributed by atoms with van der Waals surface area (Å²) in [6.07, 6.45) is 6.23. The summed E-state index contributed by atoms with van der Waals surface area (Å²) in [5.41, 5.74) is 3.86. The van der Waals surface area contributed by atoms with Crippen LogP contribution in [0.4, 0.5) is 11.5 Å². The number of aryl methyl sites for hydroxylation is 1. The van der Waals surface area contributed by atoms with E-state index >= 15 is 0 Å². The topological polar surface area (TPSA) is 72.2 Å². The van der Waals surface area contributed by atoms with E-state index in [4.69, 9.17) is 4.79 Å². The molecule has 0 aliphatic rings. The average Bonchev–Trinajstić information content (AvgIpc) is 2.97. The Morgan fingerprint density at radius 2 is 2.00 bits per heavy atom. The molecule has 0 saturated heterocycles. The quantitative estimate of drug-likeness (QED) is 0.749. The van der Waals surface area contributed by atoms with Crippen LogP contribution in [0.2, 0.25) is 0 Å². The van der Waals surface area contributed by atoms with E-state index in [1.165, 1.54) is 12.5 Å². The third kappa shape index (κ3) is 4.12. The van der Waals surface area contributed by atoms with Gasteiger partial charge in [-0.25, -0.2) is 14.5 Å². The molecule has 6 heteroatoms. The smallest absolute Gasteiger partial charge is 0.177 e. The van der Waals surface area contributed by atoms with Gasteiger partial charge in [-0.2, -0.15) is 5.10 Å². The first kappa shape index (κ1) is 16.6. The van der Waals surface area contributed by atoms with Crippen molar-refractivity contribution in [3.05, 3.63) is 48.0 Å². The van der Waals surface area contributed by atoms with Crippen LogP contribution in [0.25, 0.3) is 5.65 Å². The highest BCUT2D eigenvalue weighted by Gasteiger charge is 2.06. The average molecular weight is 311 g/mol. The number of anilines is 2. The summed E-state index contributed by atoms with van der Waals surface area (Å²) in [6.45, 7) is 7.72. The maximum atomic E-state index is 8.81. The standard InChI is InChI=1S/C15H17N5.C2H4O/c1-10(2)12-4-5-14(17-9-12)18-13-8-11(3)19-20-7-6-16-15(13)20;1-2-3/h4-10H,1-3H3,(H,17,18);2H,1H3. The lowest BCUT2D eigenvalue weighted by Crippen LogP contribution is -2.01. The maximum Gasteiger partial charge on any atom is 0.177 e. The summed E-state index contributed by atoms with van der Waals surface area (Å²) in [7, 11) is 0. The zero-order valence-electron chi connectivity index (χ0n) is 13.8. The SMILES string of the molecule is CC=O.Cc1cc(Nc2ccc(C(C)C)cn2)c2nccn2n1. The third-order valence-electron chi connectivity index (χ3n) is 3.20. The first-order chi connectivity index (χ1) is 11.0. The zero-order chi connectivity index (χ0) is 16.8. The van der Waals surface area contributed by atoms with Gasteiger partial charge in [0.05, 0.1) is 11.4 Å². The van der Waals surface area contributed by atoms with Crippen molar-refractivity contribution in [3.63, 3.8) is 0 Å². The van der Waals surface area contributed by atoms with Gasteiger partial charge in [-0.15, -0.1) is 0 Å². The summed E-state index contributed by atoms with van der Waals surface area (Å²) in [5.74, 6) is 1.30. The van der Waals surface area contributed by atoms with Crippen molar-refractivity contribution in [2.75, 3.05) is 5.32 Å². The molecule has 0 spiro atoms. The van der Waals surface area contributed by atoms with Gasteiger partial charge in [-0.05, 0) is 37.5 Å². The van der Waals surface area contributed by atoms with Crippen LogP contribution in [0.3, 0.4) is 0 Å². The first-order valence-corrected chi connectivity index (χ1v) is 7.49. The minimum atomic E-state index is 0.485. The molecule has 0 saturated carbocycles. The van der Waals surface area contributed by atoms with Crippen LogP contribution in [0, 0.1) is 6.92 Å². The molecule has 1 N–H and O–H groups in total. The number of imidazole rings is 1. The summed E-state index contributed by atoms with van der Waals surface area (Å²) >= 11 is 0. The molecular weight excluding hydrogens is 290 g/mol. The van der Waals surface area contributed by atoms with Gasteiger partial charge in [0.15, 0.2) is 5.65 Å². The largest absolute Gasteiger partial charge is 0.337 e. The van der Waals surface area contributed by atoms with Gasteiger partial charge in [0.1, 0.15) is 12.1 Å². The van der Waals surface area contributed by atoms with Crippen LogP contribution >= 0.6 is 0 Å². The fourth-order valence-electron chi connectivity index (χ4n) is 2.09. The van der Waals surface area contributed by atoms with Gasteiger partial charge in [-0.3, -0.25) is 0 Å². The number of hydrogen-bond acceptors (Lipinski definition) is 5. The van der Waals surface area contributed by atoms with E-state index in [2.05, 4.69) is 40.3 Å². The number of aldehydes is 1. The van der Waals surface area contributed by atoms with E-state index in [9.17, 15) is 0 Å². The monoisotopic (exact) mass is 311 g/mol. The Hall–Kier alpha value is -2.76. The Labute approximate surface area is 135 Å². The molecule has 0 unspecified atom stereocenters. The highest BCUT2D eigenvalue weighted by molar-refractivity contribution is 5.72. The van der Waals surface area contributed by atoms with Gasteiger partial charge < -0.3 is 10.1 Å². The van der Waals surface area contributed by atoms with Crippen LogP contribution < -0.4 is 5.32 Å². The minimum Gasteiger partial charge on any atom is -0.337 e. The summed E-state index contributed by atoms with van der Waals surface area (Å²) in [6, 6.07) is 6.06. The number of carbonyl (C=O) groups is 1. The van der Waals surface area contributed by atoms with E-state index in [-0.39, 0.29) is 0 Å². The number of pyridine rings is 1. The third-order valence-corrected chi connectivity index (χ3v) is 3.20. The molecule has 0 aliphatic carbocycles. The number of rotatable bonds is 3. The number of fused-ring (bicyclic) bond motifs is 1. The molecule has 3 heterocycles. The lowest BCUT2D eigenvalue weighted by atomic mass is 10.1. The van der Waals surface area contributed by atoms with Crippen molar-refractivity contribution in [2.45, 2.75) is 33.6 Å². The van der Waals surface area contributed by atoms with Crippen LogP contribution in [-0.4, -0.2) is 25.9 Å². The molecule has 0 bridgehead atoms. The van der Waals surface area contributed by atoms with E-state index in [0.29, 0.717) is 5.92 Å². The molecule has 3 rings (SSSR count). The molecule has 0 atom stereocenters. The van der Waals surface area contributed by atoms with Gasteiger partial charge in [-0.1, -0.05) is 19.9 Å². The van der Waals surface area contributed by atoms with Gasteiger partial charge in [0.25, 0.3) is 0 Å². The molecule has 0 aromatic carbocycles. The Morgan fingerprint density at radius 1 is 1.26 bits per heavy atom. The maximum absolute atomic E-state index is 8.81. The molecule has 6 nitrogen and oxygen atoms in total. The summed E-state index contributed by atoms with van der Waals surface area (Å²) < 4.78 is 1.76. The Bertz CT molecular complexity index is 777. The molecule has 3 aromatic heterocycles. The molecule has 0 amide bonds. The van der Waals surface area contributed by atoms with E-state index in [1.807, 2.05) is 31.5 Å². The molecule has 23 heavy (non-hydrogen) atoms. The van der Waals surface area contributed by atoms with Gasteiger partial charge >= 0.3 is 0 Å². The van der Waals surface area contributed by atoms with Crippen molar-refractivity contribution >= 4 is 23.4 Å². The zero-order valence-corrected chi connectivity index (χ0v) is 13.8. The first-order valence-electron chi connectivity index (χ1n) is 7.49. The lowest BCUT2D eigenvalue weighted by molar-refractivity contribution is -0.106. The van der Waals surface area contributed by atoms with Crippen LogP contribution in [0.1, 0.15) is 37.9 Å². The predicted molar refractivity (Wildman–Crippen MR) is 91.1 cm³/mol. The summed E-state index contributed by atoms with van der Waals surface area (Å²) in [4.78, 5) is 17.6. The lowest BCUT2D eigenvalue weighted by Gasteiger charge is -2.09. The molecule has 0 aliphatic heterocycles. The number of nitrogens with one attached hydrogen (secondary N) is 1. The molecular formula is C17H21N5O. The molecule has 3 aromatic rings. The Kier molecular flexibility index (Phi) is 5.41. The van der Waals surface area contributed by atoms with Crippen molar-refractivity contribution < 1.29 is 4.79 Å². The summed E-state index contributed by atoms with van der Waals surface area (Å²) in [5, 5.41) is 7.67. The highest BCUT2D eigenvalue weighted by atomic mass is 16.1. The highest BCUT2D eigenvalue weighted by Crippen LogP contribution is 2.21. The van der Waals surface area contributed by atoms with Crippen molar-refractivity contribution in [1.82, 2.24) is 19.6 Å². The Balaban J connectivity index is 0.000000595. The predicted octanol–water partition coefficient (Wildman–Crippen LogP) is 3.50. The van der Waals surface area contributed by atoms with E-state index in [0.717, 1.165) is 29.1 Å². The second kappa shape index (κ2) is 7.49. The molecule has 0 fully saturated rings. The number of aromatic nitrogens is 4. The van der Waals surface area contributed by atoms with Crippen molar-refractivity contribution in [2.24, 2.45) is 0 Å². The number of nitrogens with zero attached hydrogens (tertiary/aromatic N) is 4. The minimum absolute atomic E-state index is 0.485. The van der Waals surface area contributed by atoms with Gasteiger partial charge in [0, 0.05) is 18.6 Å².